The lowest BCUT2D eigenvalue weighted by atomic mass is 9.98. The van der Waals surface area contributed by atoms with Crippen molar-refractivity contribution in [1.29, 1.82) is 0 Å². The van der Waals surface area contributed by atoms with Gasteiger partial charge in [-0.2, -0.15) is 0 Å². The van der Waals surface area contributed by atoms with Crippen LogP contribution >= 0.6 is 0 Å². The monoisotopic (exact) mass is 337 g/mol. The molecule has 0 unspecified atom stereocenters. The van der Waals surface area contributed by atoms with E-state index in [2.05, 4.69) is 11.0 Å². The number of benzene rings is 2. The number of carbonyl (C=O) groups excluding carboxylic acids is 1. The summed E-state index contributed by atoms with van der Waals surface area (Å²) in [5, 5.41) is 8.96. The normalized spacial score (nSPS) is 17.6. The Morgan fingerprint density at radius 2 is 1.84 bits per heavy atom. The summed E-state index contributed by atoms with van der Waals surface area (Å²) in [4.78, 5) is 24.8. The molecule has 1 aliphatic heterocycles. The minimum Gasteiger partial charge on any atom is -0.478 e. The van der Waals surface area contributed by atoms with E-state index in [0.29, 0.717) is 11.5 Å². The maximum absolute atomic E-state index is 11.5. The Labute approximate surface area is 148 Å². The summed E-state index contributed by atoms with van der Waals surface area (Å²) in [7, 11) is 0. The first-order chi connectivity index (χ1) is 12.0. The molecule has 2 aromatic carbocycles. The number of nitrogens with zero attached hydrogens (tertiary/aromatic N) is 1. The average Bonchev–Trinajstić information content (AvgIpc) is 3.02. The third kappa shape index (κ3) is 4.54. The van der Waals surface area contributed by atoms with Crippen molar-refractivity contribution in [3.8, 4) is 0 Å². The van der Waals surface area contributed by atoms with Gasteiger partial charge in [0.15, 0.2) is 5.78 Å². The van der Waals surface area contributed by atoms with Gasteiger partial charge in [0.05, 0.1) is 5.56 Å². The zero-order valence-electron chi connectivity index (χ0n) is 14.4. The van der Waals surface area contributed by atoms with Crippen molar-refractivity contribution >= 4 is 11.8 Å². The molecule has 2 aromatic rings. The van der Waals surface area contributed by atoms with Gasteiger partial charge in [-0.05, 0) is 61.6 Å². The average molecular weight is 337 g/mol. The first kappa shape index (κ1) is 17.4. The van der Waals surface area contributed by atoms with E-state index in [9.17, 15) is 9.59 Å². The van der Waals surface area contributed by atoms with E-state index in [4.69, 9.17) is 5.11 Å². The zero-order valence-corrected chi connectivity index (χ0v) is 14.4. The molecule has 3 rings (SSSR count). The van der Waals surface area contributed by atoms with Crippen LogP contribution in [0.25, 0.3) is 0 Å². The molecule has 0 radical (unpaired) electrons. The van der Waals surface area contributed by atoms with Crippen molar-refractivity contribution in [3.63, 3.8) is 0 Å². The molecule has 1 saturated heterocycles. The van der Waals surface area contributed by atoms with Crippen molar-refractivity contribution in [1.82, 2.24) is 4.90 Å². The summed E-state index contributed by atoms with van der Waals surface area (Å²) >= 11 is 0. The number of ketones is 1. The minimum atomic E-state index is -0.883. The van der Waals surface area contributed by atoms with Crippen molar-refractivity contribution in [2.24, 2.45) is 5.92 Å². The number of rotatable bonds is 6. The summed E-state index contributed by atoms with van der Waals surface area (Å²) in [5.74, 6) is -0.191. The van der Waals surface area contributed by atoms with Crippen LogP contribution < -0.4 is 0 Å². The van der Waals surface area contributed by atoms with Crippen molar-refractivity contribution in [2.75, 3.05) is 13.1 Å². The summed E-state index contributed by atoms with van der Waals surface area (Å²) in [5.41, 5.74) is 3.48. The Balaban J connectivity index is 1.55. The molecule has 4 nitrogen and oxygen atoms in total. The second kappa shape index (κ2) is 7.62. The van der Waals surface area contributed by atoms with Crippen LogP contribution in [0.2, 0.25) is 0 Å². The number of hydrogen-bond acceptors (Lipinski definition) is 3. The third-order valence-corrected chi connectivity index (χ3v) is 4.83. The van der Waals surface area contributed by atoms with Gasteiger partial charge in [0.1, 0.15) is 0 Å². The van der Waals surface area contributed by atoms with Crippen LogP contribution in [0.15, 0.2) is 48.5 Å². The topological polar surface area (TPSA) is 57.6 Å². The highest BCUT2D eigenvalue weighted by molar-refractivity contribution is 5.94. The van der Waals surface area contributed by atoms with Gasteiger partial charge in [0.25, 0.3) is 0 Å². The Kier molecular flexibility index (Phi) is 5.29. The molecule has 4 heteroatoms. The lowest BCUT2D eigenvalue weighted by Crippen LogP contribution is -2.20. The molecule has 0 amide bonds. The van der Waals surface area contributed by atoms with E-state index in [1.54, 1.807) is 19.1 Å². The number of carboxylic acids is 1. The van der Waals surface area contributed by atoms with Gasteiger partial charge in [-0.25, -0.2) is 4.79 Å². The highest BCUT2D eigenvalue weighted by atomic mass is 16.4. The second-order valence-corrected chi connectivity index (χ2v) is 6.85. The lowest BCUT2D eigenvalue weighted by molar-refractivity contribution is 0.0696. The summed E-state index contributed by atoms with van der Waals surface area (Å²) < 4.78 is 0. The predicted molar refractivity (Wildman–Crippen MR) is 96.9 cm³/mol. The van der Waals surface area contributed by atoms with E-state index < -0.39 is 5.97 Å². The van der Waals surface area contributed by atoms with Crippen LogP contribution in [0, 0.1) is 5.92 Å². The molecule has 0 saturated carbocycles. The highest BCUT2D eigenvalue weighted by Gasteiger charge is 2.22. The van der Waals surface area contributed by atoms with Crippen LogP contribution in [0.1, 0.15) is 45.2 Å². The number of hydrogen-bond donors (Lipinski definition) is 1. The Morgan fingerprint density at radius 3 is 2.52 bits per heavy atom. The van der Waals surface area contributed by atoms with E-state index in [0.717, 1.165) is 38.0 Å². The van der Waals surface area contributed by atoms with Gasteiger partial charge in [-0.15, -0.1) is 0 Å². The summed E-state index contributed by atoms with van der Waals surface area (Å²) in [6.07, 6.45) is 2.12. The van der Waals surface area contributed by atoms with Crippen LogP contribution in [0.5, 0.6) is 0 Å². The van der Waals surface area contributed by atoms with Gasteiger partial charge in [-0.1, -0.05) is 30.3 Å². The molecule has 1 atom stereocenters. The lowest BCUT2D eigenvalue weighted by Gasteiger charge is -2.16. The SMILES string of the molecule is CC(=O)c1cccc(CN2CC[C@@H](Cc3ccc(C(=O)O)cc3)C2)c1. The molecular weight excluding hydrogens is 314 g/mol. The second-order valence-electron chi connectivity index (χ2n) is 6.85. The summed E-state index contributed by atoms with van der Waals surface area (Å²) in [6.45, 7) is 4.56. The molecular formula is C21H23NO3. The van der Waals surface area contributed by atoms with E-state index in [-0.39, 0.29) is 5.78 Å². The van der Waals surface area contributed by atoms with Crippen LogP contribution in [0.3, 0.4) is 0 Å². The maximum Gasteiger partial charge on any atom is 0.335 e. The first-order valence-corrected chi connectivity index (χ1v) is 8.66. The van der Waals surface area contributed by atoms with E-state index in [1.807, 2.05) is 30.3 Å². The number of aromatic carboxylic acids is 1. The van der Waals surface area contributed by atoms with Gasteiger partial charge in [0.2, 0.25) is 0 Å². The molecule has 25 heavy (non-hydrogen) atoms. The largest absolute Gasteiger partial charge is 0.478 e. The van der Waals surface area contributed by atoms with Gasteiger partial charge in [-0.3, -0.25) is 9.69 Å². The third-order valence-electron chi connectivity index (χ3n) is 4.83. The smallest absolute Gasteiger partial charge is 0.335 e. The van der Waals surface area contributed by atoms with E-state index >= 15 is 0 Å². The quantitative estimate of drug-likeness (QED) is 0.818. The fourth-order valence-electron chi connectivity index (χ4n) is 3.49. The van der Waals surface area contributed by atoms with Crippen molar-refractivity contribution in [2.45, 2.75) is 26.3 Å². The molecule has 0 bridgehead atoms. The Morgan fingerprint density at radius 1 is 1.08 bits per heavy atom. The number of Topliss-reactive ketones (excluding diaryl/α,β-unsaturated/α-hetero) is 1. The molecule has 130 valence electrons. The number of likely N-dealkylation sites (tertiary alicyclic amines) is 1. The molecule has 0 aromatic heterocycles. The number of carbonyl (C=O) groups is 2. The molecule has 1 fully saturated rings. The minimum absolute atomic E-state index is 0.103. The molecule has 0 spiro atoms. The molecule has 1 aliphatic rings. The molecule has 1 N–H and O–H groups in total. The predicted octanol–water partition coefficient (Wildman–Crippen LogP) is 3.65. The number of carboxylic acid groups (broad SMARTS) is 1. The fraction of sp³-hybridized carbons (Fsp3) is 0.333. The Hall–Kier alpha value is -2.46. The Bertz CT molecular complexity index is 767. The van der Waals surface area contributed by atoms with Crippen LogP contribution in [0.4, 0.5) is 0 Å². The van der Waals surface area contributed by atoms with E-state index in [1.165, 1.54) is 11.1 Å². The van der Waals surface area contributed by atoms with Crippen LogP contribution in [-0.4, -0.2) is 34.8 Å². The van der Waals surface area contributed by atoms with Crippen molar-refractivity contribution < 1.29 is 14.7 Å². The fourth-order valence-corrected chi connectivity index (χ4v) is 3.49. The maximum atomic E-state index is 11.5. The first-order valence-electron chi connectivity index (χ1n) is 8.66. The van der Waals surface area contributed by atoms with Gasteiger partial charge in [0, 0.05) is 18.7 Å². The van der Waals surface area contributed by atoms with Gasteiger partial charge >= 0.3 is 5.97 Å². The van der Waals surface area contributed by atoms with Crippen LogP contribution in [-0.2, 0) is 13.0 Å². The van der Waals surface area contributed by atoms with Gasteiger partial charge < -0.3 is 5.11 Å². The standard InChI is InChI=1S/C21H23NO3/c1-15(23)20-4-2-3-17(12-20)13-22-10-9-18(14-22)11-16-5-7-19(8-6-16)21(24)25/h2-8,12,18H,9-11,13-14H2,1H3,(H,24,25)/t18-/m0/s1. The molecule has 0 aliphatic carbocycles. The zero-order chi connectivity index (χ0) is 17.8. The highest BCUT2D eigenvalue weighted by Crippen LogP contribution is 2.23. The molecule has 1 heterocycles. The summed E-state index contributed by atoms with van der Waals surface area (Å²) in [6, 6.07) is 15.1. The van der Waals surface area contributed by atoms with Crippen molar-refractivity contribution in [3.05, 3.63) is 70.8 Å².